The van der Waals surface area contributed by atoms with Crippen molar-refractivity contribution in [2.45, 2.75) is 37.4 Å². The first kappa shape index (κ1) is 13.7. The van der Waals surface area contributed by atoms with Gasteiger partial charge in [-0.1, -0.05) is 12.1 Å². The smallest absolute Gasteiger partial charge is 0.263 e. The maximum absolute atomic E-state index is 12.4. The number of amides is 1. The van der Waals surface area contributed by atoms with Crippen LogP contribution in [0.5, 0.6) is 5.75 Å². The minimum atomic E-state index is -0.0525. The Hall–Kier alpha value is -1.92. The topological polar surface area (TPSA) is 74.2 Å². The second-order valence-corrected chi connectivity index (χ2v) is 6.97. The van der Waals surface area contributed by atoms with Gasteiger partial charge in [0.05, 0.1) is 6.20 Å². The number of hydrogen-bond acceptors (Lipinski definition) is 5. The van der Waals surface area contributed by atoms with Crippen LogP contribution < -0.4 is 10.6 Å². The molecule has 3 heterocycles. The van der Waals surface area contributed by atoms with Gasteiger partial charge in [-0.15, -0.1) is 11.3 Å². The molecule has 114 valence electrons. The first-order chi connectivity index (χ1) is 10.7. The number of aromatic hydroxyl groups is 1. The van der Waals surface area contributed by atoms with E-state index in [1.165, 1.54) is 17.8 Å². The minimum Gasteiger partial charge on any atom is -0.508 e. The monoisotopic (exact) mass is 315 g/mol. The molecule has 2 bridgehead atoms. The number of carbonyl (C=O) groups is 1. The number of benzene rings is 1. The van der Waals surface area contributed by atoms with Crippen LogP contribution in [0.3, 0.4) is 0 Å². The molecule has 2 aliphatic rings. The van der Waals surface area contributed by atoms with Crippen LogP contribution in [0, 0.1) is 0 Å². The zero-order chi connectivity index (χ0) is 15.1. The number of rotatable bonds is 3. The Morgan fingerprint density at radius 3 is 3.05 bits per heavy atom. The average molecular weight is 315 g/mol. The van der Waals surface area contributed by atoms with E-state index in [4.69, 9.17) is 0 Å². The number of phenols is 1. The summed E-state index contributed by atoms with van der Waals surface area (Å²) in [6, 6.07) is 8.14. The predicted molar refractivity (Wildman–Crippen MR) is 85.0 cm³/mol. The van der Waals surface area contributed by atoms with E-state index in [2.05, 4.69) is 15.6 Å². The first-order valence-electron chi connectivity index (χ1n) is 7.51. The molecule has 1 aromatic carbocycles. The van der Waals surface area contributed by atoms with E-state index >= 15 is 0 Å². The highest BCUT2D eigenvalue weighted by atomic mass is 32.1. The van der Waals surface area contributed by atoms with E-state index in [9.17, 15) is 9.90 Å². The van der Waals surface area contributed by atoms with Gasteiger partial charge in [0.15, 0.2) is 0 Å². The van der Waals surface area contributed by atoms with Crippen LogP contribution in [0.15, 0.2) is 30.5 Å². The number of nitrogens with zero attached hydrogens (tertiary/aromatic N) is 1. The number of carbonyl (C=O) groups excluding carboxylic acids is 1. The maximum atomic E-state index is 12.4. The molecule has 0 unspecified atom stereocenters. The Labute approximate surface area is 132 Å². The zero-order valence-electron chi connectivity index (χ0n) is 12.0. The van der Waals surface area contributed by atoms with E-state index in [-0.39, 0.29) is 17.7 Å². The van der Waals surface area contributed by atoms with Crippen molar-refractivity contribution in [2.75, 3.05) is 0 Å². The molecule has 2 fully saturated rings. The van der Waals surface area contributed by atoms with Crippen molar-refractivity contribution in [3.63, 3.8) is 0 Å². The number of aromatic nitrogens is 1. The van der Waals surface area contributed by atoms with Gasteiger partial charge >= 0.3 is 0 Å². The SMILES string of the molecule is O=C(N[C@@H]1C[C@H]2CC[C@@H]1N2)c1cnc(-c2cccc(O)c2)s1. The van der Waals surface area contributed by atoms with Gasteiger partial charge in [-0.05, 0) is 31.4 Å². The molecule has 0 aliphatic carbocycles. The third-order valence-electron chi connectivity index (χ3n) is 4.44. The molecule has 5 nitrogen and oxygen atoms in total. The second kappa shape index (κ2) is 5.37. The van der Waals surface area contributed by atoms with Crippen molar-refractivity contribution in [2.24, 2.45) is 0 Å². The highest BCUT2D eigenvalue weighted by Crippen LogP contribution is 2.30. The molecule has 0 spiro atoms. The number of nitrogens with one attached hydrogen (secondary N) is 2. The molecule has 2 saturated heterocycles. The zero-order valence-corrected chi connectivity index (χ0v) is 12.8. The van der Waals surface area contributed by atoms with Gasteiger partial charge in [-0.3, -0.25) is 4.79 Å². The van der Waals surface area contributed by atoms with Crippen LogP contribution in [0.4, 0.5) is 0 Å². The van der Waals surface area contributed by atoms with Gasteiger partial charge in [-0.2, -0.15) is 0 Å². The molecule has 1 aromatic heterocycles. The normalized spacial score (nSPS) is 26.3. The summed E-state index contributed by atoms with van der Waals surface area (Å²) in [4.78, 5) is 17.3. The Bertz CT molecular complexity index is 715. The van der Waals surface area contributed by atoms with Crippen molar-refractivity contribution < 1.29 is 9.90 Å². The summed E-state index contributed by atoms with van der Waals surface area (Å²) in [6.07, 6.45) is 5.00. The minimum absolute atomic E-state index is 0.0525. The lowest BCUT2D eigenvalue weighted by atomic mass is 9.95. The van der Waals surface area contributed by atoms with Crippen LogP contribution in [-0.2, 0) is 0 Å². The average Bonchev–Trinajstić information content (AvgIpc) is 3.23. The van der Waals surface area contributed by atoms with Crippen LogP contribution in [-0.4, -0.2) is 34.1 Å². The number of hydrogen-bond donors (Lipinski definition) is 3. The van der Waals surface area contributed by atoms with Gasteiger partial charge in [-0.25, -0.2) is 4.98 Å². The van der Waals surface area contributed by atoms with Crippen molar-refractivity contribution >= 4 is 17.2 Å². The van der Waals surface area contributed by atoms with Crippen LogP contribution >= 0.6 is 11.3 Å². The van der Waals surface area contributed by atoms with E-state index in [1.54, 1.807) is 24.4 Å². The standard InChI is InChI=1S/C16H17N3O2S/c20-11-3-1-2-9(6-11)16-17-8-14(22-16)15(21)19-13-7-10-4-5-12(13)18-10/h1-3,6,8,10,12-13,18,20H,4-5,7H2,(H,19,21)/t10-,12+,13-/m1/s1. The van der Waals surface area contributed by atoms with Gasteiger partial charge in [0, 0.05) is 23.7 Å². The fourth-order valence-corrected chi connectivity index (χ4v) is 4.19. The van der Waals surface area contributed by atoms with Crippen LogP contribution in [0.25, 0.3) is 10.6 Å². The molecule has 3 N–H and O–H groups in total. The van der Waals surface area contributed by atoms with Gasteiger partial charge in [0.2, 0.25) is 0 Å². The summed E-state index contributed by atoms with van der Waals surface area (Å²) >= 11 is 1.35. The maximum Gasteiger partial charge on any atom is 0.263 e. The van der Waals surface area contributed by atoms with Crippen molar-refractivity contribution in [3.05, 3.63) is 35.3 Å². The Balaban J connectivity index is 1.48. The Morgan fingerprint density at radius 2 is 2.32 bits per heavy atom. The molecule has 0 radical (unpaired) electrons. The quantitative estimate of drug-likeness (QED) is 0.811. The summed E-state index contributed by atoms with van der Waals surface area (Å²) in [7, 11) is 0. The summed E-state index contributed by atoms with van der Waals surface area (Å²) in [5.41, 5.74) is 0.825. The van der Waals surface area contributed by atoms with Crippen molar-refractivity contribution in [1.29, 1.82) is 0 Å². The van der Waals surface area contributed by atoms with Crippen LogP contribution in [0.2, 0.25) is 0 Å². The molecular formula is C16H17N3O2S. The van der Waals surface area contributed by atoms with E-state index < -0.39 is 0 Å². The fourth-order valence-electron chi connectivity index (χ4n) is 3.37. The molecule has 1 amide bonds. The molecule has 3 atom stereocenters. The number of thiazole rings is 1. The van der Waals surface area contributed by atoms with E-state index in [1.807, 2.05) is 6.07 Å². The lowest BCUT2D eigenvalue weighted by Crippen LogP contribution is -2.42. The highest BCUT2D eigenvalue weighted by Gasteiger charge is 2.39. The summed E-state index contributed by atoms with van der Waals surface area (Å²) < 4.78 is 0. The summed E-state index contributed by atoms with van der Waals surface area (Å²) in [6.45, 7) is 0. The Morgan fingerprint density at radius 1 is 1.41 bits per heavy atom. The molecule has 6 heteroatoms. The highest BCUT2D eigenvalue weighted by molar-refractivity contribution is 7.16. The van der Waals surface area contributed by atoms with Gasteiger partial charge < -0.3 is 15.7 Å². The summed E-state index contributed by atoms with van der Waals surface area (Å²) in [5.74, 6) is 0.148. The van der Waals surface area contributed by atoms with Crippen molar-refractivity contribution in [3.8, 4) is 16.3 Å². The van der Waals surface area contributed by atoms with Gasteiger partial charge in [0.25, 0.3) is 5.91 Å². The number of phenolic OH excluding ortho intramolecular Hbond substituents is 1. The predicted octanol–water partition coefficient (Wildman–Crippen LogP) is 2.14. The first-order valence-corrected chi connectivity index (χ1v) is 8.33. The molecule has 4 rings (SSSR count). The van der Waals surface area contributed by atoms with E-state index in [0.717, 1.165) is 23.4 Å². The third kappa shape index (κ3) is 2.48. The molecule has 2 aliphatic heterocycles. The molecule has 2 aromatic rings. The second-order valence-electron chi connectivity index (χ2n) is 5.94. The van der Waals surface area contributed by atoms with Gasteiger partial charge in [0.1, 0.15) is 15.6 Å². The van der Waals surface area contributed by atoms with E-state index in [0.29, 0.717) is 17.0 Å². The fraction of sp³-hybridized carbons (Fsp3) is 0.375. The van der Waals surface area contributed by atoms with Crippen molar-refractivity contribution in [1.82, 2.24) is 15.6 Å². The molecule has 22 heavy (non-hydrogen) atoms. The summed E-state index contributed by atoms with van der Waals surface area (Å²) in [5, 5.41) is 16.9. The number of fused-ring (bicyclic) bond motifs is 2. The lowest BCUT2D eigenvalue weighted by Gasteiger charge is -2.20. The van der Waals surface area contributed by atoms with Crippen LogP contribution in [0.1, 0.15) is 28.9 Å². The Kier molecular flexibility index (Phi) is 3.35. The molecular weight excluding hydrogens is 298 g/mol. The lowest BCUT2D eigenvalue weighted by molar-refractivity contribution is 0.0935. The largest absolute Gasteiger partial charge is 0.508 e. The molecule has 0 saturated carbocycles. The third-order valence-corrected chi connectivity index (χ3v) is 5.48.